The Bertz CT molecular complexity index is 721. The second-order valence-corrected chi connectivity index (χ2v) is 8.73. The summed E-state index contributed by atoms with van der Waals surface area (Å²) < 4.78 is 13.3. The highest BCUT2D eigenvalue weighted by molar-refractivity contribution is 14.0. The quantitative estimate of drug-likeness (QED) is 0.327. The lowest BCUT2D eigenvalue weighted by Crippen LogP contribution is -2.47. The number of likely N-dealkylation sites (N-methyl/N-ethyl adjacent to an activating group) is 1. The number of nitrogens with zero attached hydrogens (tertiary/aromatic N) is 3. The molecule has 1 aromatic rings. The van der Waals surface area contributed by atoms with Crippen molar-refractivity contribution in [2.45, 2.75) is 50.6 Å². The molecule has 0 bridgehead atoms. The van der Waals surface area contributed by atoms with Crippen LogP contribution in [0.25, 0.3) is 0 Å². The summed E-state index contributed by atoms with van der Waals surface area (Å²) in [6.07, 6.45) is 6.67. The van der Waals surface area contributed by atoms with E-state index in [0.717, 1.165) is 43.9 Å². The minimum Gasteiger partial charge on any atom is -0.354 e. The fourth-order valence-electron chi connectivity index (χ4n) is 4.55. The van der Waals surface area contributed by atoms with Gasteiger partial charge in [-0.15, -0.1) is 24.0 Å². The number of amides is 1. The van der Waals surface area contributed by atoms with E-state index in [-0.39, 0.29) is 47.8 Å². The molecule has 1 aliphatic heterocycles. The summed E-state index contributed by atoms with van der Waals surface area (Å²) in [5.74, 6) is 1.08. The first-order valence-electron chi connectivity index (χ1n) is 11.2. The van der Waals surface area contributed by atoms with Crippen LogP contribution in [0.15, 0.2) is 29.3 Å². The highest BCUT2D eigenvalue weighted by atomic mass is 127. The van der Waals surface area contributed by atoms with E-state index in [2.05, 4.69) is 20.5 Å². The lowest BCUT2D eigenvalue weighted by molar-refractivity contribution is -0.135. The molecule has 1 heterocycles. The van der Waals surface area contributed by atoms with E-state index in [1.54, 1.807) is 7.05 Å². The lowest BCUT2D eigenvalue weighted by Gasteiger charge is -2.27. The van der Waals surface area contributed by atoms with Crippen LogP contribution in [0, 0.1) is 11.7 Å². The summed E-state index contributed by atoms with van der Waals surface area (Å²) in [6, 6.07) is 6.95. The zero-order valence-corrected chi connectivity index (χ0v) is 21.3. The Morgan fingerprint density at radius 2 is 1.87 bits per heavy atom. The summed E-state index contributed by atoms with van der Waals surface area (Å²) in [6.45, 7) is 2.21. The van der Waals surface area contributed by atoms with Crippen LogP contribution in [0.2, 0.25) is 0 Å². The van der Waals surface area contributed by atoms with E-state index in [4.69, 9.17) is 0 Å². The predicted octanol–water partition coefficient (Wildman–Crippen LogP) is 3.39. The molecule has 6 nitrogen and oxygen atoms in total. The number of carbonyl (C=O) groups is 1. The number of rotatable bonds is 6. The topological polar surface area (TPSA) is 60.0 Å². The van der Waals surface area contributed by atoms with Crippen molar-refractivity contribution < 1.29 is 9.18 Å². The number of carbonyl (C=O) groups excluding carboxylic acids is 1. The molecule has 8 heteroatoms. The summed E-state index contributed by atoms with van der Waals surface area (Å²) >= 11 is 0. The largest absolute Gasteiger partial charge is 0.354 e. The number of benzene rings is 1. The van der Waals surface area contributed by atoms with E-state index in [1.807, 2.05) is 31.1 Å². The average molecular weight is 545 g/mol. The summed E-state index contributed by atoms with van der Waals surface area (Å²) in [4.78, 5) is 21.3. The fourth-order valence-corrected chi connectivity index (χ4v) is 4.55. The van der Waals surface area contributed by atoms with Crippen molar-refractivity contribution >= 4 is 35.8 Å². The first-order valence-corrected chi connectivity index (χ1v) is 11.2. The smallest absolute Gasteiger partial charge is 0.225 e. The van der Waals surface area contributed by atoms with Crippen molar-refractivity contribution in [1.29, 1.82) is 0 Å². The van der Waals surface area contributed by atoms with Crippen molar-refractivity contribution in [2.75, 3.05) is 40.8 Å². The third kappa shape index (κ3) is 7.30. The molecule has 2 atom stereocenters. The maximum atomic E-state index is 13.3. The first kappa shape index (κ1) is 25.8. The van der Waals surface area contributed by atoms with Gasteiger partial charge in [-0.2, -0.15) is 0 Å². The summed E-state index contributed by atoms with van der Waals surface area (Å²) in [5, 5.41) is 6.87. The van der Waals surface area contributed by atoms with Crippen LogP contribution in [-0.2, 0) is 4.79 Å². The maximum absolute atomic E-state index is 13.3. The Morgan fingerprint density at radius 3 is 2.48 bits per heavy atom. The molecule has 2 N–H and O–H groups in total. The Hall–Kier alpha value is -1.42. The second kappa shape index (κ2) is 12.6. The van der Waals surface area contributed by atoms with Crippen molar-refractivity contribution in [3.8, 4) is 0 Å². The molecule has 2 unspecified atom stereocenters. The minimum atomic E-state index is -0.227. The van der Waals surface area contributed by atoms with Crippen molar-refractivity contribution in [3.63, 3.8) is 0 Å². The molecule has 1 saturated heterocycles. The van der Waals surface area contributed by atoms with Crippen LogP contribution in [0.4, 0.5) is 4.39 Å². The van der Waals surface area contributed by atoms with Crippen LogP contribution in [-0.4, -0.2) is 68.5 Å². The van der Waals surface area contributed by atoms with Gasteiger partial charge in [0.25, 0.3) is 0 Å². The zero-order valence-electron chi connectivity index (χ0n) is 18.9. The van der Waals surface area contributed by atoms with Gasteiger partial charge in [0.2, 0.25) is 5.91 Å². The second-order valence-electron chi connectivity index (χ2n) is 8.73. The van der Waals surface area contributed by atoms with Gasteiger partial charge < -0.3 is 20.4 Å². The number of guanidine groups is 1. The van der Waals surface area contributed by atoms with Gasteiger partial charge in [-0.05, 0) is 51.1 Å². The van der Waals surface area contributed by atoms with Gasteiger partial charge in [-0.1, -0.05) is 31.4 Å². The SMILES string of the molecule is CN=C(NCC(c1ccc(F)cc1)N(C)C)NC1CCN(C(=O)C2CCCCC2)C1.I. The Balaban J connectivity index is 0.00000341. The summed E-state index contributed by atoms with van der Waals surface area (Å²) in [5.41, 5.74) is 1.05. The van der Waals surface area contributed by atoms with Crippen molar-refractivity contribution in [2.24, 2.45) is 10.9 Å². The van der Waals surface area contributed by atoms with Gasteiger partial charge in [0.15, 0.2) is 5.96 Å². The molecular weight excluding hydrogens is 508 g/mol. The van der Waals surface area contributed by atoms with Crippen LogP contribution in [0.3, 0.4) is 0 Å². The molecule has 31 heavy (non-hydrogen) atoms. The minimum absolute atomic E-state index is 0. The van der Waals surface area contributed by atoms with Gasteiger partial charge in [0.1, 0.15) is 5.82 Å². The van der Waals surface area contributed by atoms with Crippen molar-refractivity contribution in [3.05, 3.63) is 35.6 Å². The van der Waals surface area contributed by atoms with E-state index in [0.29, 0.717) is 12.5 Å². The molecule has 174 valence electrons. The molecule has 2 fully saturated rings. The molecule has 1 aliphatic carbocycles. The maximum Gasteiger partial charge on any atom is 0.225 e. The molecular formula is C23H37FIN5O. The molecule has 0 radical (unpaired) electrons. The molecule has 3 rings (SSSR count). The number of hydrogen-bond acceptors (Lipinski definition) is 3. The average Bonchev–Trinajstić information content (AvgIpc) is 3.22. The molecule has 2 aliphatic rings. The molecule has 1 aromatic carbocycles. The molecule has 0 spiro atoms. The normalized spacial score (nSPS) is 21.0. The van der Waals surface area contributed by atoms with E-state index >= 15 is 0 Å². The molecule has 0 aromatic heterocycles. The predicted molar refractivity (Wildman–Crippen MR) is 134 cm³/mol. The summed E-state index contributed by atoms with van der Waals surface area (Å²) in [7, 11) is 5.78. The van der Waals surface area contributed by atoms with Crippen LogP contribution in [0.5, 0.6) is 0 Å². The van der Waals surface area contributed by atoms with Crippen LogP contribution < -0.4 is 10.6 Å². The number of aliphatic imine (C=N–C) groups is 1. The number of nitrogens with one attached hydrogen (secondary N) is 2. The Kier molecular flexibility index (Phi) is 10.5. The first-order chi connectivity index (χ1) is 14.5. The highest BCUT2D eigenvalue weighted by Gasteiger charge is 2.31. The number of hydrogen-bond donors (Lipinski definition) is 2. The Morgan fingerprint density at radius 1 is 1.19 bits per heavy atom. The molecule has 1 amide bonds. The van der Waals surface area contributed by atoms with Crippen molar-refractivity contribution in [1.82, 2.24) is 20.4 Å². The number of halogens is 2. The standard InChI is InChI=1S/C23H36FN5O.HI/c1-25-23(26-15-21(28(2)3)17-9-11-19(24)12-10-17)27-20-13-14-29(16-20)22(30)18-7-5-4-6-8-18;/h9-12,18,20-21H,4-8,13-16H2,1-3H3,(H2,25,26,27);1H. The van der Waals surface area contributed by atoms with Gasteiger partial charge in [-0.3, -0.25) is 9.79 Å². The van der Waals surface area contributed by atoms with Gasteiger partial charge in [-0.25, -0.2) is 4.39 Å². The van der Waals surface area contributed by atoms with E-state index in [9.17, 15) is 9.18 Å². The number of likely N-dealkylation sites (tertiary alicyclic amines) is 1. The van der Waals surface area contributed by atoms with Gasteiger partial charge in [0.05, 0.1) is 6.04 Å². The zero-order chi connectivity index (χ0) is 21.5. The third-order valence-corrected chi connectivity index (χ3v) is 6.36. The lowest BCUT2D eigenvalue weighted by atomic mass is 9.88. The fraction of sp³-hybridized carbons (Fsp3) is 0.652. The highest BCUT2D eigenvalue weighted by Crippen LogP contribution is 2.26. The van der Waals surface area contributed by atoms with Crippen LogP contribution in [0.1, 0.15) is 50.1 Å². The van der Waals surface area contributed by atoms with Gasteiger partial charge in [0, 0.05) is 38.6 Å². The molecule has 1 saturated carbocycles. The third-order valence-electron chi connectivity index (χ3n) is 6.36. The van der Waals surface area contributed by atoms with E-state index in [1.165, 1.54) is 31.4 Å². The van der Waals surface area contributed by atoms with E-state index < -0.39 is 0 Å². The van der Waals surface area contributed by atoms with Crippen LogP contribution >= 0.6 is 24.0 Å². The Labute approximate surface area is 203 Å². The van der Waals surface area contributed by atoms with Gasteiger partial charge >= 0.3 is 0 Å². The monoisotopic (exact) mass is 545 g/mol.